The Morgan fingerprint density at radius 2 is 1.59 bits per heavy atom. The zero-order valence-corrected chi connectivity index (χ0v) is 12.1. The van der Waals surface area contributed by atoms with E-state index >= 15 is 0 Å². The van der Waals surface area contributed by atoms with Crippen LogP contribution in [0.25, 0.3) is 6.08 Å². The number of para-hydroxylation sites is 1. The van der Waals surface area contributed by atoms with Crippen molar-refractivity contribution in [3.63, 3.8) is 0 Å². The van der Waals surface area contributed by atoms with Gasteiger partial charge in [0.05, 0.1) is 6.10 Å². The molecule has 0 heterocycles. The minimum absolute atomic E-state index is 0.212. The summed E-state index contributed by atoms with van der Waals surface area (Å²) in [6, 6.07) is 17.2. The molecule has 2 nitrogen and oxygen atoms in total. The standard InChI is InChI=1S/C20H18O2/c21-19-9-5-4-8-17(19)18-14-16(12-13-20(18)22)11-10-15-6-2-1-3-7-15/h1-14,18,20-22H/b11-10+. The fraction of sp³-hybridized carbons (Fsp3) is 0.100. The first-order valence-electron chi connectivity index (χ1n) is 7.33. The fourth-order valence-corrected chi connectivity index (χ4v) is 2.60. The highest BCUT2D eigenvalue weighted by Gasteiger charge is 2.22. The van der Waals surface area contributed by atoms with Crippen molar-refractivity contribution in [3.8, 4) is 5.75 Å². The smallest absolute Gasteiger partial charge is 0.119 e. The van der Waals surface area contributed by atoms with Crippen LogP contribution in [0.15, 0.2) is 84.5 Å². The maximum Gasteiger partial charge on any atom is 0.119 e. The van der Waals surface area contributed by atoms with E-state index in [-0.39, 0.29) is 11.7 Å². The average molecular weight is 290 g/mol. The molecule has 22 heavy (non-hydrogen) atoms. The van der Waals surface area contributed by atoms with Crippen molar-refractivity contribution in [1.82, 2.24) is 0 Å². The van der Waals surface area contributed by atoms with Gasteiger partial charge in [0.1, 0.15) is 5.75 Å². The Morgan fingerprint density at radius 3 is 2.36 bits per heavy atom. The number of aliphatic hydroxyl groups excluding tert-OH is 1. The molecule has 0 radical (unpaired) electrons. The Hall–Kier alpha value is -2.58. The Morgan fingerprint density at radius 1 is 0.864 bits per heavy atom. The molecule has 2 atom stereocenters. The molecule has 0 aliphatic heterocycles. The van der Waals surface area contributed by atoms with Crippen molar-refractivity contribution in [1.29, 1.82) is 0 Å². The van der Waals surface area contributed by atoms with Crippen LogP contribution < -0.4 is 0 Å². The number of allylic oxidation sites excluding steroid dienone is 3. The zero-order chi connectivity index (χ0) is 15.4. The van der Waals surface area contributed by atoms with Gasteiger partial charge in [-0.15, -0.1) is 0 Å². The molecule has 110 valence electrons. The third-order valence-electron chi connectivity index (χ3n) is 3.79. The van der Waals surface area contributed by atoms with Crippen LogP contribution in [0, 0.1) is 0 Å². The van der Waals surface area contributed by atoms with Gasteiger partial charge >= 0.3 is 0 Å². The zero-order valence-electron chi connectivity index (χ0n) is 12.1. The first-order chi connectivity index (χ1) is 10.7. The van der Waals surface area contributed by atoms with Crippen molar-refractivity contribution in [3.05, 3.63) is 95.6 Å². The first kappa shape index (κ1) is 14.4. The summed E-state index contributed by atoms with van der Waals surface area (Å²) in [6.07, 6.45) is 9.09. The molecule has 2 heteroatoms. The third kappa shape index (κ3) is 3.18. The summed E-state index contributed by atoms with van der Waals surface area (Å²) in [5.41, 5.74) is 2.88. The maximum atomic E-state index is 10.2. The van der Waals surface area contributed by atoms with Crippen LogP contribution in [0.5, 0.6) is 5.75 Å². The van der Waals surface area contributed by atoms with Crippen LogP contribution in [0.2, 0.25) is 0 Å². The number of benzene rings is 2. The molecule has 1 aliphatic carbocycles. The minimum Gasteiger partial charge on any atom is -0.508 e. The molecule has 0 fully saturated rings. The summed E-state index contributed by atoms with van der Waals surface area (Å²) >= 11 is 0. The molecule has 1 aliphatic rings. The topological polar surface area (TPSA) is 40.5 Å². The van der Waals surface area contributed by atoms with Crippen LogP contribution in [0.1, 0.15) is 17.0 Å². The first-order valence-corrected chi connectivity index (χ1v) is 7.33. The van der Waals surface area contributed by atoms with E-state index in [1.807, 2.05) is 66.8 Å². The summed E-state index contributed by atoms with van der Waals surface area (Å²) in [4.78, 5) is 0. The molecule has 0 aromatic heterocycles. The van der Waals surface area contributed by atoms with Crippen molar-refractivity contribution in [2.45, 2.75) is 12.0 Å². The second-order valence-corrected chi connectivity index (χ2v) is 5.34. The summed E-state index contributed by atoms with van der Waals surface area (Å²) in [5, 5.41) is 20.2. The van der Waals surface area contributed by atoms with Crippen LogP contribution >= 0.6 is 0 Å². The van der Waals surface area contributed by atoms with Crippen LogP contribution in [-0.2, 0) is 0 Å². The Balaban J connectivity index is 1.87. The van der Waals surface area contributed by atoms with Gasteiger partial charge in [-0.25, -0.2) is 0 Å². The molecule has 3 rings (SSSR count). The quantitative estimate of drug-likeness (QED) is 0.895. The lowest BCUT2D eigenvalue weighted by Crippen LogP contribution is -2.17. The van der Waals surface area contributed by atoms with Gasteiger partial charge in [-0.05, 0) is 17.2 Å². The Labute approximate surface area is 130 Å². The molecule has 2 N–H and O–H groups in total. The highest BCUT2D eigenvalue weighted by molar-refractivity contribution is 5.56. The number of rotatable bonds is 3. The number of hydrogen-bond acceptors (Lipinski definition) is 2. The predicted molar refractivity (Wildman–Crippen MR) is 89.6 cm³/mol. The molecular weight excluding hydrogens is 272 g/mol. The van der Waals surface area contributed by atoms with Gasteiger partial charge in [0, 0.05) is 11.5 Å². The summed E-state index contributed by atoms with van der Waals surface area (Å²) in [5.74, 6) is -0.0221. The van der Waals surface area contributed by atoms with Gasteiger partial charge in [-0.1, -0.05) is 78.9 Å². The van der Waals surface area contributed by atoms with Gasteiger partial charge < -0.3 is 10.2 Å². The summed E-state index contributed by atoms with van der Waals surface area (Å²) < 4.78 is 0. The molecule has 0 spiro atoms. The molecule has 2 aromatic rings. The average Bonchev–Trinajstić information content (AvgIpc) is 2.56. The highest BCUT2D eigenvalue weighted by atomic mass is 16.3. The van der Waals surface area contributed by atoms with Crippen molar-refractivity contribution in [2.24, 2.45) is 0 Å². The number of aromatic hydroxyl groups is 1. The van der Waals surface area contributed by atoms with E-state index in [0.29, 0.717) is 0 Å². The van der Waals surface area contributed by atoms with Gasteiger partial charge in [0.2, 0.25) is 0 Å². The third-order valence-corrected chi connectivity index (χ3v) is 3.79. The molecular formula is C20H18O2. The Kier molecular flexibility index (Phi) is 4.22. The lowest BCUT2D eigenvalue weighted by Gasteiger charge is -2.22. The lowest BCUT2D eigenvalue weighted by molar-refractivity contribution is 0.204. The second-order valence-electron chi connectivity index (χ2n) is 5.34. The van der Waals surface area contributed by atoms with Crippen molar-refractivity contribution in [2.75, 3.05) is 0 Å². The predicted octanol–water partition coefficient (Wildman–Crippen LogP) is 4.05. The fourth-order valence-electron chi connectivity index (χ4n) is 2.60. The van der Waals surface area contributed by atoms with E-state index in [9.17, 15) is 10.2 Å². The molecule has 0 bridgehead atoms. The van der Waals surface area contributed by atoms with E-state index in [0.717, 1.165) is 16.7 Å². The highest BCUT2D eigenvalue weighted by Crippen LogP contribution is 2.33. The van der Waals surface area contributed by atoms with Crippen molar-refractivity contribution < 1.29 is 10.2 Å². The van der Waals surface area contributed by atoms with Crippen LogP contribution in [0.3, 0.4) is 0 Å². The number of phenols is 1. The van der Waals surface area contributed by atoms with E-state index in [4.69, 9.17) is 0 Å². The van der Waals surface area contributed by atoms with Gasteiger partial charge in [0.25, 0.3) is 0 Å². The SMILES string of the molecule is Oc1ccccc1C1C=C(/C=C/c2ccccc2)C=CC1O. The lowest BCUT2D eigenvalue weighted by atomic mass is 9.86. The molecule has 2 unspecified atom stereocenters. The van der Waals surface area contributed by atoms with Gasteiger partial charge in [0.15, 0.2) is 0 Å². The van der Waals surface area contributed by atoms with Crippen molar-refractivity contribution >= 4 is 6.08 Å². The van der Waals surface area contributed by atoms with Gasteiger partial charge in [-0.3, -0.25) is 0 Å². The molecule has 0 saturated heterocycles. The molecule has 0 amide bonds. The van der Waals surface area contributed by atoms with Crippen LogP contribution in [0.4, 0.5) is 0 Å². The number of phenolic OH excluding ortho intramolecular Hbond substituents is 1. The number of hydrogen-bond donors (Lipinski definition) is 2. The monoisotopic (exact) mass is 290 g/mol. The summed E-state index contributed by atoms with van der Waals surface area (Å²) in [6.45, 7) is 0. The van der Waals surface area contributed by atoms with E-state index in [1.165, 1.54) is 0 Å². The largest absolute Gasteiger partial charge is 0.508 e. The number of aliphatic hydroxyl groups is 1. The van der Waals surface area contributed by atoms with Gasteiger partial charge in [-0.2, -0.15) is 0 Å². The summed E-state index contributed by atoms with van der Waals surface area (Å²) in [7, 11) is 0. The Bertz CT molecular complexity index is 726. The van der Waals surface area contributed by atoms with E-state index in [1.54, 1.807) is 18.2 Å². The molecule has 2 aromatic carbocycles. The second kappa shape index (κ2) is 6.46. The molecule has 0 saturated carbocycles. The minimum atomic E-state index is -0.623. The van der Waals surface area contributed by atoms with E-state index < -0.39 is 6.10 Å². The normalized spacial score (nSPS) is 21.0. The maximum absolute atomic E-state index is 10.2. The van der Waals surface area contributed by atoms with Crippen LogP contribution in [-0.4, -0.2) is 16.3 Å². The van der Waals surface area contributed by atoms with E-state index in [2.05, 4.69) is 0 Å².